The Morgan fingerprint density at radius 1 is 0.587 bits per heavy atom. The third kappa shape index (κ3) is 9.98. The number of methoxy groups -OCH3 is 2. The largest absolute Gasteiger partial charge is 0.495 e. The second-order valence-corrected chi connectivity index (χ2v) is 15.0. The zero-order chi connectivity index (χ0) is 34.4. The number of benzene rings is 4. The average molecular weight is 793 g/mol. The molecule has 0 saturated heterocycles. The lowest BCUT2D eigenvalue weighted by Crippen LogP contribution is -2.15. The van der Waals surface area contributed by atoms with E-state index in [1.807, 2.05) is 36.4 Å². The van der Waals surface area contributed by atoms with Gasteiger partial charge in [0.15, 0.2) is 0 Å². The van der Waals surface area contributed by atoms with E-state index in [9.17, 15) is 9.59 Å². The Bertz CT molecular complexity index is 1600. The molecule has 0 atom stereocenters. The van der Waals surface area contributed by atoms with E-state index in [4.69, 9.17) is 32.7 Å². The molecule has 2 amide bonds. The minimum atomic E-state index is -0.216. The van der Waals surface area contributed by atoms with E-state index >= 15 is 0 Å². The quantitative estimate of drug-likeness (QED) is 0.204. The van der Waals surface area contributed by atoms with Crippen LogP contribution in [-0.4, -0.2) is 26.0 Å². The second kappa shape index (κ2) is 15.7. The van der Waals surface area contributed by atoms with Crippen LogP contribution in [0.4, 0.5) is 11.4 Å². The van der Waals surface area contributed by atoms with Gasteiger partial charge in [-0.15, -0.1) is 0 Å². The van der Waals surface area contributed by atoms with Crippen molar-refractivity contribution in [3.05, 3.63) is 114 Å². The van der Waals surface area contributed by atoms with Gasteiger partial charge in [0.05, 0.1) is 35.6 Å². The molecule has 0 aliphatic rings. The maximum atomic E-state index is 12.5. The number of amides is 2. The fraction of sp³-hybridized carbons (Fsp3) is 0.278. The molecule has 4 aromatic carbocycles. The Morgan fingerprint density at radius 3 is 1.22 bits per heavy atom. The molecule has 0 spiro atoms. The molecule has 0 fully saturated rings. The van der Waals surface area contributed by atoms with Crippen molar-refractivity contribution >= 4 is 78.3 Å². The van der Waals surface area contributed by atoms with Crippen molar-refractivity contribution in [2.24, 2.45) is 0 Å². The van der Waals surface area contributed by atoms with Crippen LogP contribution >= 0.6 is 55.1 Å². The monoisotopic (exact) mass is 790 g/mol. The van der Waals surface area contributed by atoms with Crippen molar-refractivity contribution in [2.75, 3.05) is 24.9 Å². The fourth-order valence-corrected chi connectivity index (χ4v) is 5.20. The van der Waals surface area contributed by atoms with Crippen LogP contribution in [0.25, 0.3) is 0 Å². The molecule has 0 aromatic heterocycles. The molecule has 0 radical (unpaired) electrons. The minimum absolute atomic E-state index is 0.0188. The van der Waals surface area contributed by atoms with Crippen LogP contribution in [0.5, 0.6) is 11.5 Å². The Hall–Kier alpha value is -3.04. The van der Waals surface area contributed by atoms with Gasteiger partial charge in [-0.3, -0.25) is 9.59 Å². The highest BCUT2D eigenvalue weighted by Crippen LogP contribution is 2.34. The van der Waals surface area contributed by atoms with Crippen LogP contribution in [0.3, 0.4) is 0 Å². The summed E-state index contributed by atoms with van der Waals surface area (Å²) in [4.78, 5) is 25.0. The van der Waals surface area contributed by atoms with Crippen molar-refractivity contribution in [3.63, 3.8) is 0 Å². The van der Waals surface area contributed by atoms with Crippen molar-refractivity contribution in [1.29, 1.82) is 0 Å². The summed E-state index contributed by atoms with van der Waals surface area (Å²) in [7, 11) is 3.17. The van der Waals surface area contributed by atoms with Gasteiger partial charge in [0, 0.05) is 20.1 Å². The molecule has 0 saturated carbocycles. The van der Waals surface area contributed by atoms with Crippen LogP contribution in [0.2, 0.25) is 10.0 Å². The fourth-order valence-electron chi connectivity index (χ4n) is 4.21. The molecular weight excluding hydrogens is 755 g/mol. The molecule has 0 bridgehead atoms. The number of anilines is 2. The SMILES string of the molecule is COc1ccc(C(C)(C)C)cc1NC(=O)c1ccc(Cl)c(Br)c1.COc1ccc(C(C)(C)C)cc1NC(=O)c1ccc(Cl)c(Br)c1. The van der Waals surface area contributed by atoms with Gasteiger partial charge < -0.3 is 20.1 Å². The highest BCUT2D eigenvalue weighted by Gasteiger charge is 2.19. The second-order valence-electron chi connectivity index (χ2n) is 12.5. The maximum absolute atomic E-state index is 12.5. The number of rotatable bonds is 6. The van der Waals surface area contributed by atoms with E-state index in [0.717, 1.165) is 11.1 Å². The van der Waals surface area contributed by atoms with E-state index in [-0.39, 0.29) is 22.6 Å². The Balaban J connectivity index is 0.000000250. The Morgan fingerprint density at radius 2 is 0.935 bits per heavy atom. The van der Waals surface area contributed by atoms with E-state index in [2.05, 4.69) is 84.0 Å². The Kier molecular flexibility index (Phi) is 12.8. The van der Waals surface area contributed by atoms with Crippen molar-refractivity contribution in [2.45, 2.75) is 52.4 Å². The number of halogens is 4. The smallest absolute Gasteiger partial charge is 0.255 e. The van der Waals surface area contributed by atoms with Crippen LogP contribution in [0.15, 0.2) is 81.7 Å². The van der Waals surface area contributed by atoms with Gasteiger partial charge in [0.2, 0.25) is 0 Å². The van der Waals surface area contributed by atoms with Crippen LogP contribution < -0.4 is 20.1 Å². The first-order chi connectivity index (χ1) is 21.4. The van der Waals surface area contributed by atoms with Gasteiger partial charge in [-0.2, -0.15) is 0 Å². The zero-order valence-electron chi connectivity index (χ0n) is 27.1. The van der Waals surface area contributed by atoms with E-state index < -0.39 is 0 Å². The number of ether oxygens (including phenoxy) is 2. The molecule has 0 heterocycles. The molecule has 0 aliphatic heterocycles. The molecule has 0 unspecified atom stereocenters. The zero-order valence-corrected chi connectivity index (χ0v) is 31.8. The third-order valence-electron chi connectivity index (χ3n) is 6.99. The summed E-state index contributed by atoms with van der Waals surface area (Å²) in [5, 5.41) is 6.95. The van der Waals surface area contributed by atoms with Crippen molar-refractivity contribution in [3.8, 4) is 11.5 Å². The van der Waals surface area contributed by atoms with E-state index in [1.165, 1.54) is 0 Å². The molecular formula is C36H38Br2Cl2N2O4. The number of nitrogens with one attached hydrogen (secondary N) is 2. The van der Waals surface area contributed by atoms with E-state index in [0.29, 0.717) is 53.0 Å². The molecule has 4 aromatic rings. The summed E-state index contributed by atoms with van der Waals surface area (Å²) in [6, 6.07) is 21.8. The van der Waals surface area contributed by atoms with Crippen molar-refractivity contribution < 1.29 is 19.1 Å². The maximum Gasteiger partial charge on any atom is 0.255 e. The standard InChI is InChI=1S/2C18H19BrClNO2/c2*1-18(2,3)12-6-8-16(23-4)15(10-12)21-17(22)11-5-7-14(20)13(19)9-11/h2*5-10H,1-4H3,(H,21,22). The van der Waals surface area contributed by atoms with Gasteiger partial charge in [0.25, 0.3) is 11.8 Å². The number of hydrogen-bond acceptors (Lipinski definition) is 4. The highest BCUT2D eigenvalue weighted by atomic mass is 79.9. The van der Waals surface area contributed by atoms with E-state index in [1.54, 1.807) is 50.6 Å². The third-order valence-corrected chi connectivity index (χ3v) is 9.42. The number of carbonyl (C=O) groups is 2. The van der Waals surface area contributed by atoms with Crippen LogP contribution in [0.1, 0.15) is 73.4 Å². The number of carbonyl (C=O) groups excluding carboxylic acids is 2. The summed E-state index contributed by atoms with van der Waals surface area (Å²) in [6.45, 7) is 12.7. The summed E-state index contributed by atoms with van der Waals surface area (Å²) in [5.41, 5.74) is 4.53. The average Bonchev–Trinajstić information content (AvgIpc) is 2.99. The lowest BCUT2D eigenvalue weighted by atomic mass is 9.87. The molecule has 244 valence electrons. The highest BCUT2D eigenvalue weighted by molar-refractivity contribution is 9.10. The first kappa shape index (κ1) is 37.4. The lowest BCUT2D eigenvalue weighted by Gasteiger charge is -2.21. The number of hydrogen-bond donors (Lipinski definition) is 2. The topological polar surface area (TPSA) is 76.7 Å². The molecule has 46 heavy (non-hydrogen) atoms. The van der Waals surface area contributed by atoms with Crippen LogP contribution in [0, 0.1) is 0 Å². The van der Waals surface area contributed by atoms with Gasteiger partial charge in [-0.1, -0.05) is 76.9 Å². The molecule has 4 rings (SSSR count). The summed E-state index contributed by atoms with van der Waals surface area (Å²) in [6.07, 6.45) is 0. The summed E-state index contributed by atoms with van der Waals surface area (Å²) >= 11 is 18.6. The van der Waals surface area contributed by atoms with Crippen LogP contribution in [-0.2, 0) is 10.8 Å². The van der Waals surface area contributed by atoms with Gasteiger partial charge in [0.1, 0.15) is 11.5 Å². The minimum Gasteiger partial charge on any atom is -0.495 e. The predicted octanol–water partition coefficient (Wildman–Crippen LogP) is 11.3. The Labute approximate surface area is 298 Å². The van der Waals surface area contributed by atoms with Crippen molar-refractivity contribution in [1.82, 2.24) is 0 Å². The first-order valence-corrected chi connectivity index (χ1v) is 16.7. The normalized spacial score (nSPS) is 11.2. The van der Waals surface area contributed by atoms with Gasteiger partial charge in [-0.05, 0) is 114 Å². The molecule has 0 aliphatic carbocycles. The summed E-state index contributed by atoms with van der Waals surface area (Å²) < 4.78 is 12.1. The summed E-state index contributed by atoms with van der Waals surface area (Å²) in [5.74, 6) is 0.817. The molecule has 6 nitrogen and oxygen atoms in total. The molecule has 10 heteroatoms. The first-order valence-electron chi connectivity index (χ1n) is 14.3. The van der Waals surface area contributed by atoms with Gasteiger partial charge >= 0.3 is 0 Å². The predicted molar refractivity (Wildman–Crippen MR) is 198 cm³/mol. The van der Waals surface area contributed by atoms with Gasteiger partial charge in [-0.25, -0.2) is 0 Å². The molecule has 2 N–H and O–H groups in total. The lowest BCUT2D eigenvalue weighted by molar-refractivity contribution is 0.101.